The monoisotopic (exact) mass is 382 g/mol. The first-order valence-electron chi connectivity index (χ1n) is 8.87. The second kappa shape index (κ2) is 6.70. The van der Waals surface area contributed by atoms with E-state index in [1.807, 2.05) is 6.92 Å². The number of rotatable bonds is 4. The molecule has 1 aliphatic rings. The summed E-state index contributed by atoms with van der Waals surface area (Å²) in [5.74, 6) is 0.892. The van der Waals surface area contributed by atoms with Gasteiger partial charge in [-0.1, -0.05) is 0 Å². The molecule has 0 unspecified atom stereocenters. The standard InChI is InChI=1S/C20H20F2N6/c1-11-26-8-18(27(11)2)14-6-15(17(23)7-16(14)22)20(24)12-3-4-25-19(5-12)28-9-13(21)10-28/h3-8,13,24H,9-10,23H2,1-2H3. The van der Waals surface area contributed by atoms with E-state index in [0.29, 0.717) is 41.3 Å². The SMILES string of the molecule is Cc1ncc(-c2cc(C(=N)c3ccnc(N4CC(F)C4)c3)c(N)cc2F)n1C. The van der Waals surface area contributed by atoms with Crippen LogP contribution in [0.15, 0.2) is 36.7 Å². The highest BCUT2D eigenvalue weighted by Gasteiger charge is 2.27. The predicted octanol–water partition coefficient (Wildman–Crippen LogP) is 3.09. The Labute approximate surface area is 161 Å². The molecule has 6 nitrogen and oxygen atoms in total. The van der Waals surface area contributed by atoms with Crippen LogP contribution < -0.4 is 10.6 Å². The third-order valence-electron chi connectivity index (χ3n) is 5.10. The molecule has 0 aliphatic carbocycles. The summed E-state index contributed by atoms with van der Waals surface area (Å²) in [5.41, 5.74) is 8.28. The molecule has 1 fully saturated rings. The molecule has 28 heavy (non-hydrogen) atoms. The molecule has 3 aromatic rings. The molecule has 144 valence electrons. The third kappa shape index (κ3) is 3.00. The molecule has 2 aromatic heterocycles. The first kappa shape index (κ1) is 18.1. The molecule has 1 saturated heterocycles. The maximum atomic E-state index is 14.6. The van der Waals surface area contributed by atoms with Gasteiger partial charge >= 0.3 is 0 Å². The Morgan fingerprint density at radius 2 is 2.00 bits per heavy atom. The number of hydrogen-bond acceptors (Lipinski definition) is 5. The fourth-order valence-electron chi connectivity index (χ4n) is 3.27. The van der Waals surface area contributed by atoms with Crippen LogP contribution in [0.2, 0.25) is 0 Å². The number of anilines is 2. The van der Waals surface area contributed by atoms with Crippen molar-refractivity contribution in [3.8, 4) is 11.3 Å². The van der Waals surface area contributed by atoms with Crippen molar-refractivity contribution in [2.75, 3.05) is 23.7 Å². The van der Waals surface area contributed by atoms with Crippen molar-refractivity contribution in [2.45, 2.75) is 13.1 Å². The minimum Gasteiger partial charge on any atom is -0.398 e. The zero-order valence-corrected chi connectivity index (χ0v) is 15.6. The Balaban J connectivity index is 1.73. The van der Waals surface area contributed by atoms with Gasteiger partial charge in [-0.15, -0.1) is 0 Å². The number of benzene rings is 1. The van der Waals surface area contributed by atoms with Gasteiger partial charge in [0.05, 0.1) is 30.7 Å². The third-order valence-corrected chi connectivity index (χ3v) is 5.10. The van der Waals surface area contributed by atoms with Crippen molar-refractivity contribution in [1.29, 1.82) is 5.41 Å². The number of nitrogens with zero attached hydrogens (tertiary/aromatic N) is 4. The lowest BCUT2D eigenvalue weighted by molar-refractivity contribution is 0.273. The minimum atomic E-state index is -0.845. The highest BCUT2D eigenvalue weighted by atomic mass is 19.1. The summed E-state index contributed by atoms with van der Waals surface area (Å²) in [6.07, 6.45) is 2.33. The van der Waals surface area contributed by atoms with E-state index in [1.165, 1.54) is 6.07 Å². The van der Waals surface area contributed by atoms with Crippen LogP contribution in [0.1, 0.15) is 17.0 Å². The van der Waals surface area contributed by atoms with E-state index in [0.717, 1.165) is 5.82 Å². The molecule has 3 N–H and O–H groups in total. The fraction of sp³-hybridized carbons (Fsp3) is 0.250. The minimum absolute atomic E-state index is 0.151. The normalized spacial score (nSPS) is 14.2. The van der Waals surface area contributed by atoms with Gasteiger partial charge < -0.3 is 15.2 Å². The number of nitrogen functional groups attached to an aromatic ring is 1. The average molecular weight is 382 g/mol. The van der Waals surface area contributed by atoms with Crippen LogP contribution in [0.3, 0.4) is 0 Å². The lowest BCUT2D eigenvalue weighted by atomic mass is 9.97. The van der Waals surface area contributed by atoms with E-state index >= 15 is 0 Å². The van der Waals surface area contributed by atoms with Gasteiger partial charge in [-0.3, -0.25) is 5.41 Å². The molecule has 0 saturated carbocycles. The van der Waals surface area contributed by atoms with Gasteiger partial charge in [-0.05, 0) is 31.2 Å². The van der Waals surface area contributed by atoms with Crippen LogP contribution in [0.4, 0.5) is 20.3 Å². The predicted molar refractivity (Wildman–Crippen MR) is 105 cm³/mol. The maximum Gasteiger partial charge on any atom is 0.135 e. The van der Waals surface area contributed by atoms with E-state index in [9.17, 15) is 8.78 Å². The van der Waals surface area contributed by atoms with Crippen molar-refractivity contribution in [1.82, 2.24) is 14.5 Å². The van der Waals surface area contributed by atoms with Crippen molar-refractivity contribution >= 4 is 17.2 Å². The molecule has 4 rings (SSSR count). The Hall–Kier alpha value is -3.29. The summed E-state index contributed by atoms with van der Waals surface area (Å²) in [6, 6.07) is 6.22. The molecular formula is C20H20F2N6. The van der Waals surface area contributed by atoms with Crippen LogP contribution in [-0.4, -0.2) is 39.5 Å². The molecule has 8 heteroatoms. The van der Waals surface area contributed by atoms with Crippen molar-refractivity contribution in [2.24, 2.45) is 7.05 Å². The molecule has 3 heterocycles. The lowest BCUT2D eigenvalue weighted by Crippen LogP contribution is -2.48. The summed E-state index contributed by atoms with van der Waals surface area (Å²) in [6.45, 7) is 2.43. The van der Waals surface area contributed by atoms with Gasteiger partial charge in [0.2, 0.25) is 0 Å². The van der Waals surface area contributed by atoms with E-state index in [2.05, 4.69) is 9.97 Å². The molecule has 0 spiro atoms. The molecule has 1 aromatic carbocycles. The second-order valence-corrected chi connectivity index (χ2v) is 6.95. The summed E-state index contributed by atoms with van der Waals surface area (Å²) < 4.78 is 29.5. The number of pyridine rings is 1. The van der Waals surface area contributed by atoms with Crippen LogP contribution in [0, 0.1) is 18.2 Å². The molecule has 1 aliphatic heterocycles. The van der Waals surface area contributed by atoms with Crippen molar-refractivity contribution in [3.63, 3.8) is 0 Å². The van der Waals surface area contributed by atoms with Crippen LogP contribution in [0.25, 0.3) is 11.3 Å². The fourth-order valence-corrected chi connectivity index (χ4v) is 3.27. The van der Waals surface area contributed by atoms with E-state index in [1.54, 1.807) is 47.1 Å². The number of nitrogens with one attached hydrogen (secondary N) is 1. The van der Waals surface area contributed by atoms with Gasteiger partial charge in [0.25, 0.3) is 0 Å². The van der Waals surface area contributed by atoms with Gasteiger partial charge in [-0.25, -0.2) is 18.7 Å². The number of aromatic nitrogens is 3. The highest BCUT2D eigenvalue weighted by Crippen LogP contribution is 2.30. The molecule has 0 bridgehead atoms. The van der Waals surface area contributed by atoms with Gasteiger partial charge in [0.1, 0.15) is 23.6 Å². The van der Waals surface area contributed by atoms with Crippen LogP contribution in [0.5, 0.6) is 0 Å². The van der Waals surface area contributed by atoms with E-state index in [-0.39, 0.29) is 11.4 Å². The zero-order chi connectivity index (χ0) is 20.0. The molecule has 0 amide bonds. The quantitative estimate of drug-likeness (QED) is 0.537. The summed E-state index contributed by atoms with van der Waals surface area (Å²) in [5, 5.41) is 8.61. The van der Waals surface area contributed by atoms with Crippen molar-refractivity contribution < 1.29 is 8.78 Å². The first-order chi connectivity index (χ1) is 13.3. The summed E-state index contributed by atoms with van der Waals surface area (Å²) in [7, 11) is 1.80. The van der Waals surface area contributed by atoms with Gasteiger partial charge in [0.15, 0.2) is 0 Å². The zero-order valence-electron chi connectivity index (χ0n) is 15.6. The summed E-state index contributed by atoms with van der Waals surface area (Å²) in [4.78, 5) is 10.3. The Morgan fingerprint density at radius 1 is 1.25 bits per heavy atom. The number of hydrogen-bond donors (Lipinski definition) is 2. The first-order valence-corrected chi connectivity index (χ1v) is 8.87. The molecule has 0 radical (unpaired) electrons. The Kier molecular flexibility index (Phi) is 4.33. The topological polar surface area (TPSA) is 83.8 Å². The highest BCUT2D eigenvalue weighted by molar-refractivity contribution is 6.14. The number of nitrogens with two attached hydrogens (primary N) is 1. The number of alkyl halides is 1. The largest absolute Gasteiger partial charge is 0.398 e. The Bertz CT molecular complexity index is 1070. The van der Waals surface area contributed by atoms with E-state index < -0.39 is 12.0 Å². The van der Waals surface area contributed by atoms with Crippen LogP contribution in [-0.2, 0) is 7.05 Å². The smallest absolute Gasteiger partial charge is 0.135 e. The number of imidazole rings is 1. The lowest BCUT2D eigenvalue weighted by Gasteiger charge is -2.35. The average Bonchev–Trinajstić information content (AvgIpc) is 2.98. The molecular weight excluding hydrogens is 362 g/mol. The summed E-state index contributed by atoms with van der Waals surface area (Å²) >= 11 is 0. The van der Waals surface area contributed by atoms with E-state index in [4.69, 9.17) is 11.1 Å². The maximum absolute atomic E-state index is 14.6. The van der Waals surface area contributed by atoms with Gasteiger partial charge in [-0.2, -0.15) is 0 Å². The van der Waals surface area contributed by atoms with Crippen LogP contribution >= 0.6 is 0 Å². The number of halogens is 2. The molecule has 0 atom stereocenters. The second-order valence-electron chi connectivity index (χ2n) is 6.95. The Morgan fingerprint density at radius 3 is 2.64 bits per heavy atom. The number of aryl methyl sites for hydroxylation is 1. The van der Waals surface area contributed by atoms with Crippen molar-refractivity contribution in [3.05, 3.63) is 59.4 Å². The van der Waals surface area contributed by atoms with Gasteiger partial charge in [0, 0.05) is 35.6 Å².